The Balaban J connectivity index is 2.13. The second kappa shape index (κ2) is 6.07. The van der Waals surface area contributed by atoms with Crippen molar-refractivity contribution in [3.8, 4) is 0 Å². The van der Waals surface area contributed by atoms with Crippen LogP contribution in [0.2, 0.25) is 10.0 Å². The van der Waals surface area contributed by atoms with Gasteiger partial charge in [-0.25, -0.2) is 8.42 Å². The Labute approximate surface area is 131 Å². The number of benzene rings is 1. The first-order valence-corrected chi connectivity index (χ1v) is 7.94. The highest BCUT2D eigenvalue weighted by Crippen LogP contribution is 2.24. The molecule has 2 N–H and O–H groups in total. The highest BCUT2D eigenvalue weighted by molar-refractivity contribution is 7.89. The first kappa shape index (κ1) is 15.8. The number of carbonyl (C=O) groups excluding carboxylic acids is 1. The molecule has 2 rings (SSSR count). The second-order valence-electron chi connectivity index (χ2n) is 4.14. The van der Waals surface area contributed by atoms with Crippen molar-refractivity contribution >= 4 is 39.1 Å². The summed E-state index contributed by atoms with van der Waals surface area (Å²) in [6.07, 6.45) is 1.67. The van der Waals surface area contributed by atoms with Crippen LogP contribution in [-0.2, 0) is 17.1 Å². The number of aryl methyl sites for hydroxylation is 1. The van der Waals surface area contributed by atoms with Crippen LogP contribution in [0.4, 0.5) is 0 Å². The van der Waals surface area contributed by atoms with Gasteiger partial charge in [0.05, 0.1) is 14.9 Å². The van der Waals surface area contributed by atoms with Crippen LogP contribution in [0.25, 0.3) is 0 Å². The molecule has 21 heavy (non-hydrogen) atoms. The predicted octanol–water partition coefficient (Wildman–Crippen LogP) is 1.96. The van der Waals surface area contributed by atoms with Gasteiger partial charge in [-0.05, 0) is 30.3 Å². The van der Waals surface area contributed by atoms with Crippen molar-refractivity contribution in [2.75, 3.05) is 0 Å². The number of hydrazine groups is 1. The Morgan fingerprint density at radius 3 is 2.48 bits per heavy atom. The zero-order valence-corrected chi connectivity index (χ0v) is 13.1. The third-order valence-corrected chi connectivity index (χ3v) is 4.66. The summed E-state index contributed by atoms with van der Waals surface area (Å²) in [4.78, 5) is 13.7. The van der Waals surface area contributed by atoms with E-state index in [1.54, 1.807) is 29.9 Å². The Kier molecular flexibility index (Phi) is 4.58. The van der Waals surface area contributed by atoms with Crippen LogP contribution < -0.4 is 10.3 Å². The molecule has 0 aliphatic heterocycles. The van der Waals surface area contributed by atoms with E-state index in [0.717, 1.165) is 0 Å². The monoisotopic (exact) mass is 347 g/mol. The zero-order chi connectivity index (χ0) is 15.6. The summed E-state index contributed by atoms with van der Waals surface area (Å²) in [5.41, 5.74) is 2.44. The molecule has 1 amide bonds. The van der Waals surface area contributed by atoms with Gasteiger partial charge in [-0.2, -0.15) is 0 Å². The lowest BCUT2D eigenvalue weighted by Gasteiger charge is -2.09. The van der Waals surface area contributed by atoms with Crippen molar-refractivity contribution in [2.24, 2.45) is 7.05 Å². The summed E-state index contributed by atoms with van der Waals surface area (Å²) in [5, 5.41) is 0.344. The molecule has 0 radical (unpaired) electrons. The van der Waals surface area contributed by atoms with Crippen molar-refractivity contribution in [2.45, 2.75) is 4.90 Å². The molecular formula is C12H11Cl2N3O3S. The molecule has 112 valence electrons. The number of hydrogen-bond donors (Lipinski definition) is 2. The molecule has 9 heteroatoms. The van der Waals surface area contributed by atoms with E-state index in [1.807, 2.05) is 4.83 Å². The summed E-state index contributed by atoms with van der Waals surface area (Å²) < 4.78 is 25.6. The highest BCUT2D eigenvalue weighted by atomic mass is 35.5. The Morgan fingerprint density at radius 1 is 1.19 bits per heavy atom. The first-order chi connectivity index (χ1) is 9.81. The van der Waals surface area contributed by atoms with Crippen LogP contribution in [0.3, 0.4) is 0 Å². The van der Waals surface area contributed by atoms with Crippen LogP contribution in [0.15, 0.2) is 41.4 Å². The molecular weight excluding hydrogens is 337 g/mol. The van der Waals surface area contributed by atoms with E-state index in [-0.39, 0.29) is 14.9 Å². The molecule has 1 heterocycles. The van der Waals surface area contributed by atoms with Gasteiger partial charge < -0.3 is 4.57 Å². The number of nitrogens with zero attached hydrogens (tertiary/aromatic N) is 1. The molecule has 2 aromatic rings. The van der Waals surface area contributed by atoms with Crippen molar-refractivity contribution in [1.82, 2.24) is 14.8 Å². The molecule has 6 nitrogen and oxygen atoms in total. The number of carbonyl (C=O) groups is 1. The number of halogens is 2. The Bertz CT molecular complexity index is 787. The minimum atomic E-state index is -3.93. The van der Waals surface area contributed by atoms with E-state index in [2.05, 4.69) is 5.43 Å². The third kappa shape index (κ3) is 3.56. The fourth-order valence-corrected chi connectivity index (χ4v) is 2.81. The van der Waals surface area contributed by atoms with Gasteiger partial charge in [0, 0.05) is 13.2 Å². The Hall–Kier alpha value is -1.54. The van der Waals surface area contributed by atoms with Gasteiger partial charge >= 0.3 is 0 Å². The minimum absolute atomic E-state index is 0.105. The summed E-state index contributed by atoms with van der Waals surface area (Å²) >= 11 is 11.5. The van der Waals surface area contributed by atoms with E-state index < -0.39 is 15.9 Å². The van der Waals surface area contributed by atoms with Gasteiger partial charge in [-0.3, -0.25) is 10.2 Å². The van der Waals surface area contributed by atoms with Crippen LogP contribution in [0.1, 0.15) is 10.5 Å². The third-order valence-electron chi connectivity index (χ3n) is 2.68. The normalized spacial score (nSPS) is 11.4. The van der Waals surface area contributed by atoms with Gasteiger partial charge in [0.1, 0.15) is 5.69 Å². The smallest absolute Gasteiger partial charge is 0.282 e. The molecule has 0 aliphatic rings. The molecule has 0 saturated heterocycles. The Morgan fingerprint density at radius 2 is 1.90 bits per heavy atom. The standard InChI is InChI=1S/C12H11Cl2N3O3S/c1-17-6-2-3-11(17)12(18)15-16-21(19,20)8-4-5-9(13)10(14)7-8/h2-7,16H,1H3,(H,15,18). The number of sulfonamides is 1. The summed E-state index contributed by atoms with van der Waals surface area (Å²) in [6.45, 7) is 0. The van der Waals surface area contributed by atoms with Gasteiger partial charge in [-0.15, -0.1) is 4.83 Å². The van der Waals surface area contributed by atoms with Crippen molar-refractivity contribution in [3.63, 3.8) is 0 Å². The van der Waals surface area contributed by atoms with E-state index in [0.29, 0.717) is 5.69 Å². The lowest BCUT2D eigenvalue weighted by Crippen LogP contribution is -2.42. The number of amides is 1. The van der Waals surface area contributed by atoms with Crippen LogP contribution in [0.5, 0.6) is 0 Å². The molecule has 0 atom stereocenters. The molecule has 0 aliphatic carbocycles. The van der Waals surface area contributed by atoms with E-state index in [4.69, 9.17) is 23.2 Å². The zero-order valence-electron chi connectivity index (χ0n) is 10.8. The minimum Gasteiger partial charge on any atom is -0.347 e. The highest BCUT2D eigenvalue weighted by Gasteiger charge is 2.17. The number of nitrogens with one attached hydrogen (secondary N) is 2. The van der Waals surface area contributed by atoms with Gasteiger partial charge in [-0.1, -0.05) is 23.2 Å². The topological polar surface area (TPSA) is 80.2 Å². The average molecular weight is 348 g/mol. The van der Waals surface area contributed by atoms with E-state index in [1.165, 1.54) is 18.2 Å². The van der Waals surface area contributed by atoms with Gasteiger partial charge in [0.15, 0.2) is 0 Å². The number of aromatic nitrogens is 1. The van der Waals surface area contributed by atoms with Gasteiger partial charge in [0.2, 0.25) is 0 Å². The molecule has 1 aromatic carbocycles. The fraction of sp³-hybridized carbons (Fsp3) is 0.0833. The lowest BCUT2D eigenvalue weighted by atomic mass is 10.4. The summed E-state index contributed by atoms with van der Waals surface area (Å²) in [5.74, 6) is -0.578. The maximum Gasteiger partial charge on any atom is 0.282 e. The van der Waals surface area contributed by atoms with E-state index in [9.17, 15) is 13.2 Å². The fourth-order valence-electron chi connectivity index (χ4n) is 1.58. The predicted molar refractivity (Wildman–Crippen MR) is 79.7 cm³/mol. The maximum atomic E-state index is 12.0. The SMILES string of the molecule is Cn1cccc1C(=O)NNS(=O)(=O)c1ccc(Cl)c(Cl)c1. The average Bonchev–Trinajstić information content (AvgIpc) is 2.85. The quantitative estimate of drug-likeness (QED) is 0.829. The summed E-state index contributed by atoms with van der Waals surface area (Å²) in [7, 11) is -2.26. The van der Waals surface area contributed by atoms with Crippen LogP contribution in [-0.4, -0.2) is 18.9 Å². The van der Waals surface area contributed by atoms with Crippen molar-refractivity contribution < 1.29 is 13.2 Å². The van der Waals surface area contributed by atoms with Crippen molar-refractivity contribution in [1.29, 1.82) is 0 Å². The van der Waals surface area contributed by atoms with E-state index >= 15 is 0 Å². The molecule has 1 aromatic heterocycles. The largest absolute Gasteiger partial charge is 0.347 e. The second-order valence-corrected chi connectivity index (χ2v) is 6.64. The van der Waals surface area contributed by atoms with Gasteiger partial charge in [0.25, 0.3) is 15.9 Å². The van der Waals surface area contributed by atoms with Crippen LogP contribution in [0, 0.1) is 0 Å². The molecule has 0 spiro atoms. The van der Waals surface area contributed by atoms with Crippen LogP contribution >= 0.6 is 23.2 Å². The molecule has 0 bridgehead atoms. The van der Waals surface area contributed by atoms with Crippen molar-refractivity contribution in [3.05, 3.63) is 52.3 Å². The number of hydrogen-bond acceptors (Lipinski definition) is 3. The molecule has 0 fully saturated rings. The molecule has 0 unspecified atom stereocenters. The first-order valence-electron chi connectivity index (χ1n) is 5.70. The maximum absolute atomic E-state index is 12.0. The number of rotatable bonds is 4. The molecule has 0 saturated carbocycles. The lowest BCUT2D eigenvalue weighted by molar-refractivity contribution is 0.0937. The summed E-state index contributed by atoms with van der Waals surface area (Å²) in [6, 6.07) is 7.06.